The molecule has 1 aromatic carbocycles. The summed E-state index contributed by atoms with van der Waals surface area (Å²) < 4.78 is 0. The lowest BCUT2D eigenvalue weighted by molar-refractivity contribution is 0.446. The second-order valence-electron chi connectivity index (χ2n) is 4.56. The number of thiophene rings is 1. The largest absolute Gasteiger partial charge is 0.271 e. The molecule has 2 nitrogen and oxygen atoms in total. The maximum absolute atomic E-state index is 5.78. The predicted octanol–water partition coefficient (Wildman–Crippen LogP) is 3.75. The van der Waals surface area contributed by atoms with E-state index in [1.54, 1.807) is 11.3 Å². The number of aryl methyl sites for hydroxylation is 1. The Morgan fingerprint density at radius 1 is 1.22 bits per heavy atom. The highest BCUT2D eigenvalue weighted by Crippen LogP contribution is 2.34. The average molecular weight is 260 g/mol. The zero-order chi connectivity index (χ0) is 13.0. The van der Waals surface area contributed by atoms with Crippen molar-refractivity contribution in [2.24, 2.45) is 5.84 Å². The number of hydrogen-bond donors (Lipinski definition) is 2. The van der Waals surface area contributed by atoms with Crippen LogP contribution in [0.3, 0.4) is 0 Å². The molecule has 0 radical (unpaired) electrons. The number of nitrogens with one attached hydrogen (secondary N) is 1. The summed E-state index contributed by atoms with van der Waals surface area (Å²) in [4.78, 5) is 1.33. The van der Waals surface area contributed by atoms with Gasteiger partial charge in [0.2, 0.25) is 0 Å². The van der Waals surface area contributed by atoms with E-state index in [-0.39, 0.29) is 6.04 Å². The number of hydrogen-bond acceptors (Lipinski definition) is 3. The van der Waals surface area contributed by atoms with Gasteiger partial charge in [0.25, 0.3) is 0 Å². The van der Waals surface area contributed by atoms with Gasteiger partial charge in [-0.05, 0) is 35.9 Å². The van der Waals surface area contributed by atoms with Crippen LogP contribution in [0, 0.1) is 6.92 Å². The van der Waals surface area contributed by atoms with E-state index in [1.165, 1.54) is 16.0 Å². The molecule has 0 saturated heterocycles. The second-order valence-corrected chi connectivity index (χ2v) is 5.68. The van der Waals surface area contributed by atoms with E-state index in [0.29, 0.717) is 5.92 Å². The molecule has 0 saturated carbocycles. The Balaban J connectivity index is 2.30. The van der Waals surface area contributed by atoms with Gasteiger partial charge >= 0.3 is 0 Å². The van der Waals surface area contributed by atoms with E-state index in [9.17, 15) is 0 Å². The first-order valence-corrected chi connectivity index (χ1v) is 7.20. The molecule has 1 heterocycles. The molecule has 3 N–H and O–H groups in total. The fraction of sp³-hybridized carbons (Fsp3) is 0.333. The molecule has 0 aliphatic heterocycles. The van der Waals surface area contributed by atoms with E-state index in [2.05, 4.69) is 61.1 Å². The maximum Gasteiger partial charge on any atom is 0.0536 e. The number of hydrazine groups is 1. The van der Waals surface area contributed by atoms with Crippen molar-refractivity contribution in [2.45, 2.75) is 32.2 Å². The standard InChI is InChI=1S/C15H20N2S/c1-3-14(12-7-5-4-6-8-12)15(17-16)13-9-11(2)18-10-13/h4-10,14-15,17H,3,16H2,1-2H3. The van der Waals surface area contributed by atoms with Crippen molar-refractivity contribution in [2.75, 3.05) is 0 Å². The van der Waals surface area contributed by atoms with Crippen molar-refractivity contribution < 1.29 is 0 Å². The van der Waals surface area contributed by atoms with Gasteiger partial charge in [0, 0.05) is 10.8 Å². The molecule has 3 heteroatoms. The molecule has 0 fully saturated rings. The third-order valence-electron chi connectivity index (χ3n) is 3.36. The molecule has 2 aromatic rings. The molecule has 2 rings (SSSR count). The lowest BCUT2D eigenvalue weighted by Gasteiger charge is -2.25. The van der Waals surface area contributed by atoms with Crippen LogP contribution in [0.25, 0.3) is 0 Å². The van der Waals surface area contributed by atoms with Gasteiger partial charge in [-0.2, -0.15) is 0 Å². The Hall–Kier alpha value is -1.16. The minimum absolute atomic E-state index is 0.183. The predicted molar refractivity (Wildman–Crippen MR) is 78.6 cm³/mol. The second kappa shape index (κ2) is 6.14. The first-order valence-electron chi connectivity index (χ1n) is 6.32. The Morgan fingerprint density at radius 2 is 1.94 bits per heavy atom. The van der Waals surface area contributed by atoms with Gasteiger partial charge in [-0.25, -0.2) is 0 Å². The summed E-state index contributed by atoms with van der Waals surface area (Å²) in [5.41, 5.74) is 5.62. The molecular formula is C15H20N2S. The number of benzene rings is 1. The highest BCUT2D eigenvalue weighted by atomic mass is 32.1. The van der Waals surface area contributed by atoms with Crippen LogP contribution in [0.2, 0.25) is 0 Å². The van der Waals surface area contributed by atoms with E-state index in [1.807, 2.05) is 0 Å². The van der Waals surface area contributed by atoms with Gasteiger partial charge in [-0.15, -0.1) is 11.3 Å². The van der Waals surface area contributed by atoms with Gasteiger partial charge in [0.1, 0.15) is 0 Å². The maximum atomic E-state index is 5.78. The van der Waals surface area contributed by atoms with Gasteiger partial charge < -0.3 is 0 Å². The van der Waals surface area contributed by atoms with Gasteiger partial charge in [0.05, 0.1) is 6.04 Å². The lowest BCUT2D eigenvalue weighted by Crippen LogP contribution is -2.32. The third kappa shape index (κ3) is 2.80. The molecule has 0 aliphatic rings. The monoisotopic (exact) mass is 260 g/mol. The minimum Gasteiger partial charge on any atom is -0.271 e. The van der Waals surface area contributed by atoms with Crippen LogP contribution < -0.4 is 11.3 Å². The van der Waals surface area contributed by atoms with Crippen LogP contribution in [0.1, 0.15) is 41.3 Å². The van der Waals surface area contributed by atoms with Crippen molar-refractivity contribution in [3.63, 3.8) is 0 Å². The van der Waals surface area contributed by atoms with E-state index < -0.39 is 0 Å². The fourth-order valence-electron chi connectivity index (χ4n) is 2.44. The molecule has 1 aromatic heterocycles. The quantitative estimate of drug-likeness (QED) is 0.634. The van der Waals surface area contributed by atoms with Gasteiger partial charge in [0.15, 0.2) is 0 Å². The summed E-state index contributed by atoms with van der Waals surface area (Å²) in [7, 11) is 0. The normalized spacial score (nSPS) is 14.4. The van der Waals surface area contributed by atoms with Gasteiger partial charge in [-0.3, -0.25) is 11.3 Å². The highest BCUT2D eigenvalue weighted by molar-refractivity contribution is 7.10. The summed E-state index contributed by atoms with van der Waals surface area (Å²) in [6.07, 6.45) is 1.06. The molecule has 0 aliphatic carbocycles. The number of nitrogens with two attached hydrogens (primary N) is 1. The van der Waals surface area contributed by atoms with Crippen LogP contribution >= 0.6 is 11.3 Å². The van der Waals surface area contributed by atoms with Crippen molar-refractivity contribution in [3.8, 4) is 0 Å². The van der Waals surface area contributed by atoms with Crippen LogP contribution in [-0.2, 0) is 0 Å². The summed E-state index contributed by atoms with van der Waals surface area (Å²) in [6, 6.07) is 13.0. The summed E-state index contributed by atoms with van der Waals surface area (Å²) >= 11 is 1.78. The molecule has 0 spiro atoms. The number of rotatable bonds is 5. The van der Waals surface area contributed by atoms with Crippen LogP contribution in [0.5, 0.6) is 0 Å². The third-order valence-corrected chi connectivity index (χ3v) is 4.24. The zero-order valence-corrected chi connectivity index (χ0v) is 11.7. The van der Waals surface area contributed by atoms with Crippen molar-refractivity contribution in [1.82, 2.24) is 5.43 Å². The minimum atomic E-state index is 0.183. The summed E-state index contributed by atoms with van der Waals surface area (Å²) in [5.74, 6) is 6.19. The molecule has 0 amide bonds. The zero-order valence-electron chi connectivity index (χ0n) is 10.9. The Morgan fingerprint density at radius 3 is 2.44 bits per heavy atom. The summed E-state index contributed by atoms with van der Waals surface area (Å²) in [6.45, 7) is 4.34. The smallest absolute Gasteiger partial charge is 0.0536 e. The van der Waals surface area contributed by atoms with Gasteiger partial charge in [-0.1, -0.05) is 37.3 Å². The van der Waals surface area contributed by atoms with Crippen molar-refractivity contribution in [3.05, 3.63) is 57.8 Å². The Bertz CT molecular complexity index is 478. The first-order chi connectivity index (χ1) is 8.76. The van der Waals surface area contributed by atoms with E-state index in [0.717, 1.165) is 6.42 Å². The SMILES string of the molecule is CCC(c1ccccc1)C(NN)c1csc(C)c1. The van der Waals surface area contributed by atoms with Crippen LogP contribution in [0.15, 0.2) is 41.8 Å². The molecule has 2 atom stereocenters. The molecular weight excluding hydrogens is 240 g/mol. The van der Waals surface area contributed by atoms with Crippen LogP contribution in [-0.4, -0.2) is 0 Å². The van der Waals surface area contributed by atoms with E-state index in [4.69, 9.17) is 5.84 Å². The van der Waals surface area contributed by atoms with E-state index >= 15 is 0 Å². The lowest BCUT2D eigenvalue weighted by atomic mass is 9.86. The van der Waals surface area contributed by atoms with Crippen molar-refractivity contribution in [1.29, 1.82) is 0 Å². The van der Waals surface area contributed by atoms with Crippen LogP contribution in [0.4, 0.5) is 0 Å². The Kier molecular flexibility index (Phi) is 4.53. The molecule has 2 unspecified atom stereocenters. The highest BCUT2D eigenvalue weighted by Gasteiger charge is 2.22. The molecule has 96 valence electrons. The summed E-state index contributed by atoms with van der Waals surface area (Å²) in [5, 5.41) is 2.20. The molecule has 18 heavy (non-hydrogen) atoms. The topological polar surface area (TPSA) is 38.0 Å². The Labute approximate surface area is 113 Å². The molecule has 0 bridgehead atoms. The van der Waals surface area contributed by atoms with Crippen molar-refractivity contribution >= 4 is 11.3 Å². The fourth-order valence-corrected chi connectivity index (χ4v) is 3.18. The first kappa shape index (κ1) is 13.3. The average Bonchev–Trinajstić information content (AvgIpc) is 2.83.